The molecule has 0 aliphatic heterocycles. The van der Waals surface area contributed by atoms with E-state index < -0.39 is 11.9 Å². The number of ether oxygens (including phenoxy) is 1. The van der Waals surface area contributed by atoms with Gasteiger partial charge in [0.25, 0.3) is 0 Å². The minimum Gasteiger partial charge on any atom is -0.550 e. The summed E-state index contributed by atoms with van der Waals surface area (Å²) in [6.07, 6.45) is 1.72. The van der Waals surface area contributed by atoms with Crippen molar-refractivity contribution in [3.8, 4) is 0 Å². The topological polar surface area (TPSA) is 66.4 Å². The van der Waals surface area contributed by atoms with Gasteiger partial charge >= 0.3 is 35.5 Å². The first-order valence-corrected chi connectivity index (χ1v) is 3.63. The Labute approximate surface area is 99.2 Å². The van der Waals surface area contributed by atoms with Gasteiger partial charge in [-0.2, -0.15) is 0 Å². The molecule has 0 aromatic carbocycles. The molecule has 0 saturated carbocycles. The van der Waals surface area contributed by atoms with E-state index in [1.54, 1.807) is 0 Å². The van der Waals surface area contributed by atoms with Gasteiger partial charge in [-0.15, -0.1) is 0 Å². The second-order valence-corrected chi connectivity index (χ2v) is 2.20. The summed E-state index contributed by atoms with van der Waals surface area (Å²) < 4.78 is 4.60. The van der Waals surface area contributed by atoms with Crippen LogP contribution < -0.4 is 34.7 Å². The smallest absolute Gasteiger partial charge is 0.550 e. The van der Waals surface area contributed by atoms with Crippen LogP contribution in [0.15, 0.2) is 12.7 Å². The van der Waals surface area contributed by atoms with E-state index in [-0.39, 0.29) is 55.4 Å². The summed E-state index contributed by atoms with van der Waals surface area (Å²) in [4.78, 5) is 20.6. The fourth-order valence-electron chi connectivity index (χ4n) is 0.601. The van der Waals surface area contributed by atoms with Gasteiger partial charge in [0.15, 0.2) is 0 Å². The third-order valence-corrected chi connectivity index (χ3v) is 1.12. The van der Waals surface area contributed by atoms with Gasteiger partial charge in [0.2, 0.25) is 0 Å². The van der Waals surface area contributed by atoms with Crippen molar-refractivity contribution in [2.24, 2.45) is 0 Å². The molecule has 0 spiro atoms. The summed E-state index contributed by atoms with van der Waals surface area (Å²) in [6, 6.07) is 0. The zero-order chi connectivity index (χ0) is 9.40. The second kappa shape index (κ2) is 9.77. The van der Waals surface area contributed by atoms with E-state index in [0.717, 1.165) is 0 Å². The molecule has 0 aliphatic carbocycles. The quantitative estimate of drug-likeness (QED) is 0.251. The fraction of sp³-hybridized carbons (Fsp3) is 0.500. The Morgan fingerprint density at radius 2 is 2.00 bits per heavy atom. The molecule has 4 nitrogen and oxygen atoms in total. The molecule has 0 rings (SSSR count). The molecular weight excluding hydrogens is 183 g/mol. The number of esters is 1. The van der Waals surface area contributed by atoms with Gasteiger partial charge in [-0.1, -0.05) is 12.7 Å². The molecule has 0 bridgehead atoms. The minimum absolute atomic E-state index is 0. The predicted molar refractivity (Wildman–Crippen MR) is 40.0 cm³/mol. The van der Waals surface area contributed by atoms with Crippen molar-refractivity contribution >= 4 is 11.9 Å². The summed E-state index contributed by atoms with van der Waals surface area (Å²) in [7, 11) is 0. The number of carboxylic acids is 1. The van der Waals surface area contributed by atoms with Crippen molar-refractivity contribution in [3.05, 3.63) is 12.7 Å². The van der Waals surface area contributed by atoms with Crippen molar-refractivity contribution in [3.63, 3.8) is 0 Å². The Kier molecular flexibility index (Phi) is 11.4. The number of carbonyl (C=O) groups is 2. The molecule has 0 aromatic heterocycles. The maximum Gasteiger partial charge on any atom is 1.00 e. The van der Waals surface area contributed by atoms with E-state index in [4.69, 9.17) is 0 Å². The van der Waals surface area contributed by atoms with Gasteiger partial charge in [-0.25, -0.2) is 0 Å². The first-order chi connectivity index (χ1) is 5.66. The Morgan fingerprint density at radius 1 is 1.38 bits per heavy atom. The van der Waals surface area contributed by atoms with Gasteiger partial charge in [0.1, 0.15) is 6.61 Å². The van der Waals surface area contributed by atoms with Crippen LogP contribution in [0.25, 0.3) is 0 Å². The molecule has 0 aromatic rings. The third-order valence-electron chi connectivity index (χ3n) is 1.12. The Morgan fingerprint density at radius 3 is 2.46 bits per heavy atom. The Hall–Kier alpha value is -0.320. The van der Waals surface area contributed by atoms with E-state index in [9.17, 15) is 14.7 Å². The number of hydrogen-bond acceptors (Lipinski definition) is 4. The van der Waals surface area contributed by atoms with E-state index in [0.29, 0.717) is 0 Å². The first-order valence-electron chi connectivity index (χ1n) is 3.63. The van der Waals surface area contributed by atoms with Gasteiger partial charge in [0.05, 0.1) is 0 Å². The zero-order valence-corrected chi connectivity index (χ0v) is 9.75. The first kappa shape index (κ1) is 15.2. The van der Waals surface area contributed by atoms with Crippen molar-refractivity contribution in [1.82, 2.24) is 0 Å². The van der Waals surface area contributed by atoms with Crippen LogP contribution in [0.5, 0.6) is 0 Å². The molecule has 0 amide bonds. The maximum absolute atomic E-state index is 10.7. The number of carbonyl (C=O) groups excluding carboxylic acids is 2. The molecule has 0 unspecified atom stereocenters. The second-order valence-electron chi connectivity index (χ2n) is 2.20. The standard InChI is InChI=1S/C8H12O4.Na/c1-2-6-12-8(11)5-3-4-7(9)10;/h2H,1,3-6H2,(H,9,10);/q;+1/p-1. The van der Waals surface area contributed by atoms with Crippen LogP contribution in [0.2, 0.25) is 0 Å². The number of hydrogen-bond donors (Lipinski definition) is 0. The Balaban J connectivity index is 0. The van der Waals surface area contributed by atoms with Crippen LogP contribution in [-0.2, 0) is 14.3 Å². The Bertz CT molecular complexity index is 179. The third kappa shape index (κ3) is 11.7. The monoisotopic (exact) mass is 194 g/mol. The van der Waals surface area contributed by atoms with E-state index in [1.807, 2.05) is 0 Å². The van der Waals surface area contributed by atoms with Crippen molar-refractivity contribution < 1.29 is 49.0 Å². The molecular formula is C8H11NaO4. The van der Waals surface area contributed by atoms with E-state index >= 15 is 0 Å². The van der Waals surface area contributed by atoms with Crippen LogP contribution in [0, 0.1) is 0 Å². The van der Waals surface area contributed by atoms with Crippen molar-refractivity contribution in [2.75, 3.05) is 6.61 Å². The number of carboxylic acid groups (broad SMARTS) is 1. The molecule has 0 N–H and O–H groups in total. The van der Waals surface area contributed by atoms with Crippen LogP contribution in [0.3, 0.4) is 0 Å². The molecule has 0 heterocycles. The molecule has 5 heteroatoms. The molecule has 0 fully saturated rings. The summed E-state index contributed by atoms with van der Waals surface area (Å²) in [5.74, 6) is -1.55. The molecule has 13 heavy (non-hydrogen) atoms. The molecule has 0 radical (unpaired) electrons. The van der Waals surface area contributed by atoms with Gasteiger partial charge in [0, 0.05) is 12.4 Å². The van der Waals surface area contributed by atoms with Gasteiger partial charge in [-0.05, 0) is 12.8 Å². The SMILES string of the molecule is C=CCOC(=O)CCCC(=O)[O-].[Na+]. The molecule has 68 valence electrons. The van der Waals surface area contributed by atoms with Crippen molar-refractivity contribution in [2.45, 2.75) is 19.3 Å². The summed E-state index contributed by atoms with van der Waals surface area (Å²) in [5.41, 5.74) is 0. The summed E-state index contributed by atoms with van der Waals surface area (Å²) >= 11 is 0. The fourth-order valence-corrected chi connectivity index (χ4v) is 0.601. The summed E-state index contributed by atoms with van der Waals surface area (Å²) in [5, 5.41) is 9.92. The van der Waals surface area contributed by atoms with Gasteiger partial charge in [-0.3, -0.25) is 4.79 Å². The minimum atomic E-state index is -1.15. The molecule has 0 aliphatic rings. The van der Waals surface area contributed by atoms with E-state index in [1.165, 1.54) is 6.08 Å². The van der Waals surface area contributed by atoms with Crippen LogP contribution in [0.1, 0.15) is 19.3 Å². The summed E-state index contributed by atoms with van der Waals surface area (Å²) in [6.45, 7) is 3.53. The average Bonchev–Trinajstić information content (AvgIpc) is 2.00. The predicted octanol–water partition coefficient (Wildman–Crippen LogP) is -3.36. The van der Waals surface area contributed by atoms with Crippen LogP contribution >= 0.6 is 0 Å². The molecule has 0 atom stereocenters. The van der Waals surface area contributed by atoms with Crippen molar-refractivity contribution in [1.29, 1.82) is 0 Å². The maximum atomic E-state index is 10.7. The van der Waals surface area contributed by atoms with Crippen LogP contribution in [-0.4, -0.2) is 18.5 Å². The van der Waals surface area contributed by atoms with Crippen LogP contribution in [0.4, 0.5) is 0 Å². The van der Waals surface area contributed by atoms with Gasteiger partial charge < -0.3 is 14.6 Å². The van der Waals surface area contributed by atoms with E-state index in [2.05, 4.69) is 11.3 Å². The molecule has 0 saturated heterocycles. The number of aliphatic carboxylic acids is 1. The normalized spacial score (nSPS) is 8.31. The zero-order valence-electron chi connectivity index (χ0n) is 7.75. The average molecular weight is 194 g/mol. The largest absolute Gasteiger partial charge is 1.00 e. The number of rotatable bonds is 6.